The Kier molecular flexibility index (Phi) is 7.31. The zero-order valence-corrected chi connectivity index (χ0v) is 8.79. The lowest BCUT2D eigenvalue weighted by molar-refractivity contribution is -0.133. The van der Waals surface area contributed by atoms with Gasteiger partial charge in [-0.05, 0) is 13.0 Å². The molecular formula is C8H15ClF3NO. The van der Waals surface area contributed by atoms with Crippen molar-refractivity contribution in [1.29, 1.82) is 0 Å². The van der Waals surface area contributed by atoms with Crippen LogP contribution in [0.5, 0.6) is 0 Å². The summed E-state index contributed by atoms with van der Waals surface area (Å²) in [5.74, 6) is 0. The second kappa shape index (κ2) is 7.31. The van der Waals surface area contributed by atoms with E-state index >= 15 is 0 Å². The van der Waals surface area contributed by atoms with Crippen molar-refractivity contribution in [2.24, 2.45) is 0 Å². The Balaban J connectivity index is 3.21. The first-order valence-electron chi connectivity index (χ1n) is 4.36. The van der Waals surface area contributed by atoms with Gasteiger partial charge in [0.25, 0.3) is 0 Å². The Bertz CT molecular complexity index is 143. The zero-order valence-electron chi connectivity index (χ0n) is 8.03. The number of hydrogen-bond donors (Lipinski definition) is 1. The second-order valence-corrected chi connectivity index (χ2v) is 3.57. The summed E-state index contributed by atoms with van der Waals surface area (Å²) in [5, 5.41) is 2.53. The van der Waals surface area contributed by atoms with Gasteiger partial charge >= 0.3 is 6.18 Å². The fourth-order valence-electron chi connectivity index (χ4n) is 0.878. The first-order valence-corrected chi connectivity index (χ1v) is 4.80. The molecule has 1 atom stereocenters. The van der Waals surface area contributed by atoms with Gasteiger partial charge in [0.1, 0.15) is 0 Å². The molecule has 0 aromatic rings. The van der Waals surface area contributed by atoms with Crippen molar-refractivity contribution in [3.05, 3.63) is 0 Å². The van der Waals surface area contributed by atoms with E-state index in [1.807, 2.05) is 0 Å². The van der Waals surface area contributed by atoms with Crippen LogP contribution in [0.2, 0.25) is 0 Å². The molecule has 0 saturated carbocycles. The molecule has 0 aliphatic rings. The third-order valence-corrected chi connectivity index (χ3v) is 1.91. The summed E-state index contributed by atoms with van der Waals surface area (Å²) in [6.45, 7) is 0.843. The number of hydrogen-bond acceptors (Lipinski definition) is 2. The fraction of sp³-hybridized carbons (Fsp3) is 1.00. The summed E-state index contributed by atoms with van der Waals surface area (Å²) in [4.78, 5) is 0. The quantitative estimate of drug-likeness (QED) is 0.538. The van der Waals surface area contributed by atoms with Gasteiger partial charge < -0.3 is 10.1 Å². The van der Waals surface area contributed by atoms with Gasteiger partial charge in [0.15, 0.2) is 0 Å². The zero-order chi connectivity index (χ0) is 11.0. The summed E-state index contributed by atoms with van der Waals surface area (Å²) in [6, 6.07) is 0. The van der Waals surface area contributed by atoms with Crippen LogP contribution in [0.25, 0.3) is 0 Å². The molecule has 86 valence electrons. The Hall–Kier alpha value is -0.0000000000000000555. The van der Waals surface area contributed by atoms with Gasteiger partial charge in [0.2, 0.25) is 0 Å². The molecule has 2 nitrogen and oxygen atoms in total. The molecule has 0 aliphatic heterocycles. The van der Waals surface area contributed by atoms with Crippen LogP contribution in [-0.4, -0.2) is 38.4 Å². The minimum absolute atomic E-state index is 0.0555. The predicted molar refractivity (Wildman–Crippen MR) is 49.7 cm³/mol. The largest absolute Gasteiger partial charge is 0.390 e. The van der Waals surface area contributed by atoms with E-state index in [9.17, 15) is 13.2 Å². The lowest BCUT2D eigenvalue weighted by Crippen LogP contribution is -2.25. The number of nitrogens with one attached hydrogen (secondary N) is 1. The molecule has 0 fully saturated rings. The van der Waals surface area contributed by atoms with E-state index in [2.05, 4.69) is 5.32 Å². The van der Waals surface area contributed by atoms with Crippen molar-refractivity contribution in [1.82, 2.24) is 5.32 Å². The highest BCUT2D eigenvalue weighted by atomic mass is 35.5. The van der Waals surface area contributed by atoms with Crippen LogP contribution in [-0.2, 0) is 4.74 Å². The third kappa shape index (κ3) is 10.1. The standard InChI is InChI=1S/C8H15ClF3NO/c1-14-6-7(9)2-4-13-5-3-8(10,11)12/h7,13H,2-6H2,1H3. The van der Waals surface area contributed by atoms with Crippen LogP contribution in [0.1, 0.15) is 12.8 Å². The Morgan fingerprint density at radius 3 is 2.50 bits per heavy atom. The van der Waals surface area contributed by atoms with E-state index in [0.717, 1.165) is 0 Å². The molecule has 0 amide bonds. The molecule has 1 unspecified atom stereocenters. The monoisotopic (exact) mass is 233 g/mol. The lowest BCUT2D eigenvalue weighted by atomic mass is 10.3. The van der Waals surface area contributed by atoms with Gasteiger partial charge in [-0.25, -0.2) is 0 Å². The predicted octanol–water partition coefficient (Wildman–Crippen LogP) is 2.17. The number of alkyl halides is 4. The van der Waals surface area contributed by atoms with Gasteiger partial charge in [-0.1, -0.05) is 0 Å². The molecule has 6 heteroatoms. The van der Waals surface area contributed by atoms with E-state index in [4.69, 9.17) is 16.3 Å². The van der Waals surface area contributed by atoms with Crippen LogP contribution >= 0.6 is 11.6 Å². The molecule has 0 aromatic carbocycles. The second-order valence-electron chi connectivity index (χ2n) is 2.96. The number of halogens is 4. The average Bonchev–Trinajstić information content (AvgIpc) is 2.02. The molecule has 1 N–H and O–H groups in total. The van der Waals surface area contributed by atoms with Gasteiger partial charge in [0.05, 0.1) is 18.4 Å². The van der Waals surface area contributed by atoms with Crippen molar-refractivity contribution in [3.63, 3.8) is 0 Å². The van der Waals surface area contributed by atoms with Crippen molar-refractivity contribution in [2.75, 3.05) is 26.8 Å². The topological polar surface area (TPSA) is 21.3 Å². The van der Waals surface area contributed by atoms with Crippen molar-refractivity contribution < 1.29 is 17.9 Å². The molecule has 14 heavy (non-hydrogen) atoms. The normalized spacial score (nSPS) is 14.4. The van der Waals surface area contributed by atoms with E-state index < -0.39 is 12.6 Å². The molecule has 0 heterocycles. The maximum Gasteiger partial charge on any atom is 0.390 e. The van der Waals surface area contributed by atoms with E-state index in [1.165, 1.54) is 7.11 Å². The minimum Gasteiger partial charge on any atom is -0.383 e. The highest BCUT2D eigenvalue weighted by Crippen LogP contribution is 2.18. The van der Waals surface area contributed by atoms with Gasteiger partial charge in [-0.15, -0.1) is 11.6 Å². The summed E-state index contributed by atoms with van der Waals surface area (Å²) in [6.07, 6.45) is -4.28. The molecule has 0 rings (SSSR count). The van der Waals surface area contributed by atoms with E-state index in [0.29, 0.717) is 19.6 Å². The summed E-state index contributed by atoms with van der Waals surface area (Å²) >= 11 is 5.76. The van der Waals surface area contributed by atoms with Crippen molar-refractivity contribution in [3.8, 4) is 0 Å². The molecule has 0 spiro atoms. The van der Waals surface area contributed by atoms with Crippen LogP contribution in [0.3, 0.4) is 0 Å². The summed E-state index contributed by atoms with van der Waals surface area (Å²) < 4.78 is 39.8. The first kappa shape index (κ1) is 14.0. The van der Waals surface area contributed by atoms with Crippen LogP contribution in [0, 0.1) is 0 Å². The fourth-order valence-corrected chi connectivity index (χ4v) is 1.11. The Morgan fingerprint density at radius 2 is 2.00 bits per heavy atom. The molecular weight excluding hydrogens is 219 g/mol. The Labute approximate surface area is 86.8 Å². The lowest BCUT2D eigenvalue weighted by Gasteiger charge is -2.10. The average molecular weight is 234 g/mol. The van der Waals surface area contributed by atoms with Crippen LogP contribution < -0.4 is 5.32 Å². The molecule has 0 saturated heterocycles. The SMILES string of the molecule is COCC(Cl)CCNCCC(F)(F)F. The molecule has 0 radical (unpaired) electrons. The molecule has 0 aliphatic carbocycles. The molecule has 0 aromatic heterocycles. The number of ether oxygens (including phenoxy) is 1. The minimum atomic E-state index is -4.08. The number of rotatable bonds is 7. The van der Waals surface area contributed by atoms with Crippen LogP contribution in [0.15, 0.2) is 0 Å². The highest BCUT2D eigenvalue weighted by molar-refractivity contribution is 6.20. The summed E-state index contributed by atoms with van der Waals surface area (Å²) in [7, 11) is 1.53. The maximum atomic E-state index is 11.7. The summed E-state index contributed by atoms with van der Waals surface area (Å²) in [5.41, 5.74) is 0. The van der Waals surface area contributed by atoms with Gasteiger partial charge in [-0.2, -0.15) is 13.2 Å². The molecule has 0 bridgehead atoms. The van der Waals surface area contributed by atoms with Crippen molar-refractivity contribution >= 4 is 11.6 Å². The highest BCUT2D eigenvalue weighted by Gasteiger charge is 2.25. The van der Waals surface area contributed by atoms with E-state index in [-0.39, 0.29) is 11.9 Å². The number of methoxy groups -OCH3 is 1. The van der Waals surface area contributed by atoms with Gasteiger partial charge in [-0.3, -0.25) is 0 Å². The maximum absolute atomic E-state index is 11.7. The van der Waals surface area contributed by atoms with E-state index in [1.54, 1.807) is 0 Å². The van der Waals surface area contributed by atoms with Crippen molar-refractivity contribution in [2.45, 2.75) is 24.4 Å². The van der Waals surface area contributed by atoms with Gasteiger partial charge in [0, 0.05) is 13.7 Å². The smallest absolute Gasteiger partial charge is 0.383 e. The van der Waals surface area contributed by atoms with Crippen LogP contribution in [0.4, 0.5) is 13.2 Å². The first-order chi connectivity index (χ1) is 6.45. The Morgan fingerprint density at radius 1 is 1.36 bits per heavy atom. The third-order valence-electron chi connectivity index (χ3n) is 1.57.